The molecule has 0 aliphatic carbocycles. The summed E-state index contributed by atoms with van der Waals surface area (Å²) in [5.74, 6) is -1.63. The predicted molar refractivity (Wildman–Crippen MR) is 131 cm³/mol. The molecule has 0 aliphatic rings. The molecule has 0 unspecified atom stereocenters. The summed E-state index contributed by atoms with van der Waals surface area (Å²) in [6.45, 7) is 15.1. The van der Waals surface area contributed by atoms with Gasteiger partial charge in [-0.1, -0.05) is 6.07 Å². The van der Waals surface area contributed by atoms with E-state index >= 15 is 0 Å². The van der Waals surface area contributed by atoms with Crippen molar-refractivity contribution in [2.45, 2.75) is 87.0 Å². The van der Waals surface area contributed by atoms with E-state index in [-0.39, 0.29) is 24.5 Å². The lowest BCUT2D eigenvalue weighted by molar-refractivity contribution is -0.155. The van der Waals surface area contributed by atoms with Crippen molar-refractivity contribution in [1.82, 2.24) is 0 Å². The van der Waals surface area contributed by atoms with Crippen LogP contribution in [0.5, 0.6) is 11.5 Å². The number of hydrogen-bond acceptors (Lipinski definition) is 10. The van der Waals surface area contributed by atoms with E-state index in [1.165, 1.54) is 12.1 Å². The average molecular weight is 510 g/mol. The zero-order valence-electron chi connectivity index (χ0n) is 22.6. The third-order valence-electron chi connectivity index (χ3n) is 4.90. The van der Waals surface area contributed by atoms with Gasteiger partial charge in [0.1, 0.15) is 18.2 Å². The van der Waals surface area contributed by atoms with Gasteiger partial charge in [-0.3, -0.25) is 14.4 Å². The van der Waals surface area contributed by atoms with Crippen molar-refractivity contribution in [2.75, 3.05) is 6.61 Å². The number of nitrogens with two attached hydrogens (primary N) is 1. The summed E-state index contributed by atoms with van der Waals surface area (Å²) in [7, 11) is 0. The fraction of sp³-hybridized carbons (Fsp3) is 0.615. The van der Waals surface area contributed by atoms with Gasteiger partial charge >= 0.3 is 24.1 Å². The topological polar surface area (TPSA) is 140 Å². The van der Waals surface area contributed by atoms with Gasteiger partial charge in [-0.05, 0) is 86.4 Å². The molecule has 2 N–H and O–H groups in total. The standard InChI is InChI=1S/C26H39NO9/c1-10-32-24(31)34-16(3)15(2)33-21(28)18(27)13-17-11-12-19(35-22(29)25(4,5)6)20(14-17)36-23(30)26(7,8)9/h11-12,14-16,18H,10,13,27H2,1-9H3/t15-,16-,18-/m0/s1. The Hall–Kier alpha value is -3.14. The Balaban J connectivity index is 3.01. The van der Waals surface area contributed by atoms with Gasteiger partial charge in [0, 0.05) is 0 Å². The quantitative estimate of drug-likeness (QED) is 0.384. The molecule has 10 nitrogen and oxygen atoms in total. The Morgan fingerprint density at radius 1 is 0.833 bits per heavy atom. The second kappa shape index (κ2) is 12.7. The molecule has 0 radical (unpaired) electrons. The number of rotatable bonds is 9. The van der Waals surface area contributed by atoms with Gasteiger partial charge in [-0.2, -0.15) is 0 Å². The van der Waals surface area contributed by atoms with Crippen LogP contribution in [-0.2, 0) is 35.0 Å². The second-order valence-electron chi connectivity index (χ2n) is 10.5. The summed E-state index contributed by atoms with van der Waals surface area (Å²) >= 11 is 0. The van der Waals surface area contributed by atoms with Crippen LogP contribution in [0.25, 0.3) is 0 Å². The Kier molecular flexibility index (Phi) is 10.9. The van der Waals surface area contributed by atoms with Crippen molar-refractivity contribution in [1.29, 1.82) is 0 Å². The first-order valence-corrected chi connectivity index (χ1v) is 11.8. The molecule has 0 bridgehead atoms. The van der Waals surface area contributed by atoms with Gasteiger partial charge in [0.05, 0.1) is 17.4 Å². The summed E-state index contributed by atoms with van der Waals surface area (Å²) in [6, 6.07) is 3.54. The van der Waals surface area contributed by atoms with Crippen LogP contribution in [0.2, 0.25) is 0 Å². The summed E-state index contributed by atoms with van der Waals surface area (Å²) < 4.78 is 26.1. The highest BCUT2D eigenvalue weighted by Gasteiger charge is 2.29. The van der Waals surface area contributed by atoms with Gasteiger partial charge in [0.25, 0.3) is 0 Å². The van der Waals surface area contributed by atoms with Crippen molar-refractivity contribution in [3.63, 3.8) is 0 Å². The molecule has 0 saturated heterocycles. The molecular formula is C26H39NO9. The van der Waals surface area contributed by atoms with E-state index < -0.39 is 53.1 Å². The number of ether oxygens (including phenoxy) is 5. The molecule has 0 aromatic heterocycles. The summed E-state index contributed by atoms with van der Waals surface area (Å²) in [5.41, 5.74) is 5.01. The highest BCUT2D eigenvalue weighted by Crippen LogP contribution is 2.33. The van der Waals surface area contributed by atoms with E-state index in [9.17, 15) is 19.2 Å². The molecule has 0 fully saturated rings. The lowest BCUT2D eigenvalue weighted by atomic mass is 9.97. The lowest BCUT2D eigenvalue weighted by Gasteiger charge is -2.22. The van der Waals surface area contributed by atoms with Crippen molar-refractivity contribution in [3.8, 4) is 11.5 Å². The van der Waals surface area contributed by atoms with E-state index in [1.807, 2.05) is 0 Å². The monoisotopic (exact) mass is 509 g/mol. The first-order valence-electron chi connectivity index (χ1n) is 11.8. The maximum atomic E-state index is 12.5. The molecule has 0 spiro atoms. The molecule has 0 heterocycles. The number of esters is 3. The molecule has 0 aliphatic heterocycles. The van der Waals surface area contributed by atoms with Crippen LogP contribution >= 0.6 is 0 Å². The van der Waals surface area contributed by atoms with E-state index in [4.69, 9.17) is 29.4 Å². The maximum Gasteiger partial charge on any atom is 0.508 e. The minimum atomic E-state index is -1.06. The summed E-state index contributed by atoms with van der Waals surface area (Å²) in [6.07, 6.45) is -2.33. The first-order chi connectivity index (χ1) is 16.4. The van der Waals surface area contributed by atoms with Crippen LogP contribution < -0.4 is 15.2 Å². The molecule has 0 saturated carbocycles. The van der Waals surface area contributed by atoms with Crippen molar-refractivity contribution in [3.05, 3.63) is 23.8 Å². The van der Waals surface area contributed by atoms with E-state index in [1.54, 1.807) is 68.4 Å². The van der Waals surface area contributed by atoms with Crippen LogP contribution in [0.3, 0.4) is 0 Å². The van der Waals surface area contributed by atoms with Gasteiger partial charge in [0.2, 0.25) is 0 Å². The van der Waals surface area contributed by atoms with Crippen LogP contribution in [0.4, 0.5) is 4.79 Å². The highest BCUT2D eigenvalue weighted by atomic mass is 16.7. The fourth-order valence-corrected chi connectivity index (χ4v) is 2.45. The van der Waals surface area contributed by atoms with Crippen LogP contribution in [0, 0.1) is 10.8 Å². The van der Waals surface area contributed by atoms with Crippen LogP contribution in [0.1, 0.15) is 67.9 Å². The number of carbonyl (C=O) groups is 4. The van der Waals surface area contributed by atoms with Gasteiger partial charge < -0.3 is 29.4 Å². The van der Waals surface area contributed by atoms with E-state index in [0.29, 0.717) is 5.56 Å². The largest absolute Gasteiger partial charge is 0.508 e. The normalized spacial score (nSPS) is 14.2. The molecule has 0 amide bonds. The molecule has 1 rings (SSSR count). The number of hydrogen-bond donors (Lipinski definition) is 1. The molecule has 1 aromatic carbocycles. The maximum absolute atomic E-state index is 12.5. The minimum absolute atomic E-state index is 0.0374. The van der Waals surface area contributed by atoms with Gasteiger partial charge in [0.15, 0.2) is 11.5 Å². The number of carbonyl (C=O) groups excluding carboxylic acids is 4. The Morgan fingerprint density at radius 2 is 1.33 bits per heavy atom. The molecule has 36 heavy (non-hydrogen) atoms. The molecule has 10 heteroatoms. The third-order valence-corrected chi connectivity index (χ3v) is 4.90. The smallest absolute Gasteiger partial charge is 0.458 e. The first kappa shape index (κ1) is 30.9. The fourth-order valence-electron chi connectivity index (χ4n) is 2.45. The molecular weight excluding hydrogens is 470 g/mol. The van der Waals surface area contributed by atoms with Crippen molar-refractivity contribution < 1.29 is 42.9 Å². The highest BCUT2D eigenvalue weighted by molar-refractivity contribution is 5.81. The summed E-state index contributed by atoms with van der Waals surface area (Å²) in [5, 5.41) is 0. The number of benzene rings is 1. The molecule has 3 atom stereocenters. The molecule has 1 aromatic rings. The summed E-state index contributed by atoms with van der Waals surface area (Å²) in [4.78, 5) is 48.9. The van der Waals surface area contributed by atoms with Crippen molar-refractivity contribution >= 4 is 24.1 Å². The van der Waals surface area contributed by atoms with Crippen molar-refractivity contribution in [2.24, 2.45) is 16.6 Å². The average Bonchev–Trinajstić information content (AvgIpc) is 2.73. The van der Waals surface area contributed by atoms with Gasteiger partial charge in [-0.15, -0.1) is 0 Å². The Morgan fingerprint density at radius 3 is 1.83 bits per heavy atom. The zero-order chi connectivity index (χ0) is 27.8. The zero-order valence-corrected chi connectivity index (χ0v) is 22.6. The predicted octanol–water partition coefficient (Wildman–Crippen LogP) is 3.95. The SMILES string of the molecule is CCOC(=O)O[C@@H](C)[C@H](C)OC(=O)[C@@H](N)Cc1ccc(OC(=O)C(C)(C)C)c(OC(=O)C(C)(C)C)c1. The lowest BCUT2D eigenvalue weighted by Crippen LogP contribution is -2.39. The minimum Gasteiger partial charge on any atom is -0.458 e. The van der Waals surface area contributed by atoms with Gasteiger partial charge in [-0.25, -0.2) is 4.79 Å². The Labute approximate surface area is 212 Å². The second-order valence-corrected chi connectivity index (χ2v) is 10.5. The van der Waals surface area contributed by atoms with Crippen LogP contribution in [0.15, 0.2) is 18.2 Å². The Bertz CT molecular complexity index is 944. The van der Waals surface area contributed by atoms with E-state index in [0.717, 1.165) is 0 Å². The molecule has 202 valence electrons. The van der Waals surface area contributed by atoms with E-state index in [2.05, 4.69) is 0 Å². The third kappa shape index (κ3) is 9.85. The van der Waals surface area contributed by atoms with Crippen LogP contribution in [-0.4, -0.2) is 48.9 Å².